The summed E-state index contributed by atoms with van der Waals surface area (Å²) in [5.41, 5.74) is 1.04. The van der Waals surface area contributed by atoms with Gasteiger partial charge in [-0.15, -0.1) is 23.1 Å². The van der Waals surface area contributed by atoms with E-state index in [0.717, 1.165) is 4.88 Å². The number of hydrogen-bond acceptors (Lipinski definition) is 10. The molecule has 13 heteroatoms. The van der Waals surface area contributed by atoms with E-state index in [0.29, 0.717) is 30.1 Å². The number of nitro benzene ring substituents is 1. The number of carbonyl (C=O) groups is 3. The molecule has 0 bridgehead atoms. The third kappa shape index (κ3) is 4.87. The molecule has 2 atom stereocenters. The Balaban J connectivity index is 1.30. The first-order chi connectivity index (χ1) is 17.4. The number of thioether (sulfide) groups is 1. The number of nitrogens with zero attached hydrogens (tertiary/aromatic N) is 2. The molecule has 3 aliphatic heterocycles. The van der Waals surface area contributed by atoms with Gasteiger partial charge < -0.3 is 19.5 Å². The number of rotatable bonds is 8. The van der Waals surface area contributed by atoms with Crippen LogP contribution < -0.4 is 5.32 Å². The highest BCUT2D eigenvalue weighted by molar-refractivity contribution is 8.00. The van der Waals surface area contributed by atoms with Crippen LogP contribution in [-0.4, -0.2) is 64.3 Å². The molecular formula is C23H21N3O8S2. The van der Waals surface area contributed by atoms with Crippen LogP contribution in [0, 0.1) is 10.1 Å². The fourth-order valence-electron chi connectivity index (χ4n) is 4.10. The molecule has 2 fully saturated rings. The minimum atomic E-state index is -0.763. The van der Waals surface area contributed by atoms with E-state index in [1.54, 1.807) is 0 Å². The molecule has 1 unspecified atom stereocenters. The van der Waals surface area contributed by atoms with Crippen LogP contribution in [0.4, 0.5) is 5.69 Å². The minimum absolute atomic E-state index is 0.0568. The van der Waals surface area contributed by atoms with Gasteiger partial charge in [-0.05, 0) is 29.1 Å². The maximum atomic E-state index is 13.2. The predicted octanol–water partition coefficient (Wildman–Crippen LogP) is 1.97. The predicted molar refractivity (Wildman–Crippen MR) is 129 cm³/mol. The van der Waals surface area contributed by atoms with Gasteiger partial charge in [0.15, 0.2) is 6.29 Å². The summed E-state index contributed by atoms with van der Waals surface area (Å²) < 4.78 is 16.7. The van der Waals surface area contributed by atoms with Gasteiger partial charge in [-0.3, -0.25) is 24.6 Å². The Morgan fingerprint density at radius 1 is 1.19 bits per heavy atom. The first kappa shape index (κ1) is 24.4. The molecule has 1 aromatic heterocycles. The second-order valence-corrected chi connectivity index (χ2v) is 10.3. The summed E-state index contributed by atoms with van der Waals surface area (Å²) in [6.07, 6.45) is -0.589. The van der Waals surface area contributed by atoms with E-state index in [4.69, 9.17) is 14.2 Å². The Bertz CT molecular complexity index is 1210. The lowest BCUT2D eigenvalue weighted by Crippen LogP contribution is -2.71. The van der Waals surface area contributed by atoms with E-state index in [2.05, 4.69) is 5.32 Å². The second kappa shape index (κ2) is 10.4. The normalized spacial score (nSPS) is 21.7. The third-order valence-electron chi connectivity index (χ3n) is 5.85. The standard InChI is InChI=1S/C23H21N3O8S2/c27-17(10-15-2-1-9-35-15)24-18-20(28)25-19(16(12-36-21(18)25)23-32-7-8-33-23)22(29)34-11-13-3-5-14(6-4-13)26(30)31/h1-6,9,18,21,23H,7-8,10-12H2,(H,24,27)/t18?,21-/m0/s1. The zero-order valence-electron chi connectivity index (χ0n) is 18.8. The molecule has 11 nitrogen and oxygen atoms in total. The Labute approximate surface area is 213 Å². The SMILES string of the molecule is O=C(Cc1cccs1)NC1C(=O)N2C(C(=O)OCc3ccc([N+](=O)[O-])cc3)=C(C3OCCO3)CS[C@@H]12. The summed E-state index contributed by atoms with van der Waals surface area (Å²) in [6, 6.07) is 8.59. The first-order valence-electron chi connectivity index (χ1n) is 11.1. The molecule has 0 aliphatic carbocycles. The molecule has 188 valence electrons. The highest BCUT2D eigenvalue weighted by Crippen LogP contribution is 2.42. The second-order valence-electron chi connectivity index (χ2n) is 8.16. The highest BCUT2D eigenvalue weighted by Gasteiger charge is 2.55. The summed E-state index contributed by atoms with van der Waals surface area (Å²) in [4.78, 5) is 51.3. The zero-order chi connectivity index (χ0) is 25.2. The highest BCUT2D eigenvalue weighted by atomic mass is 32.2. The maximum Gasteiger partial charge on any atom is 0.355 e. The number of carbonyl (C=O) groups excluding carboxylic acids is 3. The molecular weight excluding hydrogens is 510 g/mol. The minimum Gasteiger partial charge on any atom is -0.456 e. The van der Waals surface area contributed by atoms with Crippen molar-refractivity contribution in [2.24, 2.45) is 0 Å². The molecule has 0 spiro atoms. The van der Waals surface area contributed by atoms with E-state index >= 15 is 0 Å². The van der Waals surface area contributed by atoms with Crippen molar-refractivity contribution in [1.82, 2.24) is 10.2 Å². The molecule has 5 rings (SSSR count). The van der Waals surface area contributed by atoms with Crippen molar-refractivity contribution in [3.8, 4) is 0 Å². The number of β-lactam (4-membered cyclic amide) rings is 1. The maximum absolute atomic E-state index is 13.2. The van der Waals surface area contributed by atoms with Gasteiger partial charge in [-0.2, -0.15) is 0 Å². The number of amides is 2. The topological polar surface area (TPSA) is 137 Å². The summed E-state index contributed by atoms with van der Waals surface area (Å²) in [7, 11) is 0. The number of benzene rings is 1. The summed E-state index contributed by atoms with van der Waals surface area (Å²) >= 11 is 2.87. The van der Waals surface area contributed by atoms with Crippen molar-refractivity contribution in [1.29, 1.82) is 0 Å². The van der Waals surface area contributed by atoms with Crippen LogP contribution in [0.25, 0.3) is 0 Å². The van der Waals surface area contributed by atoms with E-state index in [1.807, 2.05) is 17.5 Å². The molecule has 0 saturated carbocycles. The largest absolute Gasteiger partial charge is 0.456 e. The van der Waals surface area contributed by atoms with E-state index < -0.39 is 34.5 Å². The fraction of sp³-hybridized carbons (Fsp3) is 0.348. The number of esters is 1. The van der Waals surface area contributed by atoms with Gasteiger partial charge in [0.25, 0.3) is 11.6 Å². The van der Waals surface area contributed by atoms with Crippen molar-refractivity contribution in [3.05, 3.63) is 73.6 Å². The lowest BCUT2D eigenvalue weighted by molar-refractivity contribution is -0.384. The Morgan fingerprint density at radius 3 is 2.61 bits per heavy atom. The lowest BCUT2D eigenvalue weighted by Gasteiger charge is -2.50. The number of fused-ring (bicyclic) bond motifs is 1. The Morgan fingerprint density at radius 2 is 1.94 bits per heavy atom. The molecule has 2 aromatic rings. The first-order valence-corrected chi connectivity index (χ1v) is 13.0. The molecule has 3 aliphatic rings. The van der Waals surface area contributed by atoms with Crippen LogP contribution in [0.15, 0.2) is 53.0 Å². The van der Waals surface area contributed by atoms with Crippen LogP contribution >= 0.6 is 23.1 Å². The molecule has 1 N–H and O–H groups in total. The molecule has 36 heavy (non-hydrogen) atoms. The molecule has 2 saturated heterocycles. The van der Waals surface area contributed by atoms with Crippen LogP contribution in [0.5, 0.6) is 0 Å². The van der Waals surface area contributed by atoms with Crippen molar-refractivity contribution in [3.63, 3.8) is 0 Å². The fourth-order valence-corrected chi connectivity index (χ4v) is 6.16. The summed E-state index contributed by atoms with van der Waals surface area (Å²) in [6.45, 7) is 0.590. The Hall–Kier alpha value is -3.26. The van der Waals surface area contributed by atoms with Gasteiger partial charge in [-0.25, -0.2) is 4.79 Å². The van der Waals surface area contributed by atoms with E-state index in [9.17, 15) is 24.5 Å². The Kier molecular flexibility index (Phi) is 7.05. The average Bonchev–Trinajstić information content (AvgIpc) is 3.60. The van der Waals surface area contributed by atoms with Gasteiger partial charge in [-0.1, -0.05) is 6.07 Å². The van der Waals surface area contributed by atoms with Gasteiger partial charge in [0.1, 0.15) is 23.7 Å². The van der Waals surface area contributed by atoms with E-state index in [1.165, 1.54) is 52.3 Å². The number of non-ortho nitro benzene ring substituents is 1. The molecule has 1 aromatic carbocycles. The van der Waals surface area contributed by atoms with Crippen molar-refractivity contribution in [2.75, 3.05) is 19.0 Å². The number of nitro groups is 1. The smallest absolute Gasteiger partial charge is 0.355 e. The lowest BCUT2D eigenvalue weighted by atomic mass is 10.0. The van der Waals surface area contributed by atoms with Crippen LogP contribution in [-0.2, 0) is 41.6 Å². The van der Waals surface area contributed by atoms with Crippen molar-refractivity contribution in [2.45, 2.75) is 30.7 Å². The number of hydrogen-bond donors (Lipinski definition) is 1. The third-order valence-corrected chi connectivity index (χ3v) is 8.02. The van der Waals surface area contributed by atoms with E-state index in [-0.39, 0.29) is 30.3 Å². The van der Waals surface area contributed by atoms with Gasteiger partial charge in [0, 0.05) is 28.3 Å². The summed E-state index contributed by atoms with van der Waals surface area (Å²) in [5.74, 6) is -1.05. The summed E-state index contributed by atoms with van der Waals surface area (Å²) in [5, 5.41) is 15.0. The number of thiophene rings is 1. The molecule has 4 heterocycles. The van der Waals surface area contributed by atoms with Gasteiger partial charge in [0.05, 0.1) is 24.6 Å². The van der Waals surface area contributed by atoms with Gasteiger partial charge in [0.2, 0.25) is 5.91 Å². The quantitative estimate of drug-likeness (QED) is 0.235. The molecule has 0 radical (unpaired) electrons. The zero-order valence-corrected chi connectivity index (χ0v) is 20.4. The monoisotopic (exact) mass is 531 g/mol. The number of ether oxygens (including phenoxy) is 3. The van der Waals surface area contributed by atoms with Crippen molar-refractivity contribution < 1.29 is 33.5 Å². The van der Waals surface area contributed by atoms with Crippen LogP contribution in [0.2, 0.25) is 0 Å². The molecule has 2 amide bonds. The van der Waals surface area contributed by atoms with Crippen LogP contribution in [0.1, 0.15) is 10.4 Å². The van der Waals surface area contributed by atoms with Gasteiger partial charge >= 0.3 is 5.97 Å². The number of nitrogens with one attached hydrogen (secondary N) is 1. The van der Waals surface area contributed by atoms with Crippen molar-refractivity contribution >= 4 is 46.6 Å². The van der Waals surface area contributed by atoms with Crippen LogP contribution in [0.3, 0.4) is 0 Å². The average molecular weight is 532 g/mol.